The van der Waals surface area contributed by atoms with Crippen LogP contribution in [0.5, 0.6) is 0 Å². The molecule has 0 unspecified atom stereocenters. The number of hydrogen-bond donors (Lipinski definition) is 1. The van der Waals surface area contributed by atoms with Crippen LogP contribution >= 0.6 is 0 Å². The fraction of sp³-hybridized carbons (Fsp3) is 0.364. The SMILES string of the molecule is Cc1ccc2c(c1)C(=C1CCCCC1)c1cc(N)ccc1CC2. The van der Waals surface area contributed by atoms with Crippen LogP contribution in [0.25, 0.3) is 5.57 Å². The van der Waals surface area contributed by atoms with E-state index in [1.165, 1.54) is 65.5 Å². The Labute approximate surface area is 139 Å². The van der Waals surface area contributed by atoms with E-state index in [1.54, 1.807) is 5.57 Å². The summed E-state index contributed by atoms with van der Waals surface area (Å²) in [5, 5.41) is 0. The van der Waals surface area contributed by atoms with Crippen molar-refractivity contribution in [2.45, 2.75) is 51.9 Å². The summed E-state index contributed by atoms with van der Waals surface area (Å²) in [5.41, 5.74) is 17.4. The van der Waals surface area contributed by atoms with Crippen molar-refractivity contribution in [2.24, 2.45) is 0 Å². The zero-order valence-corrected chi connectivity index (χ0v) is 14.0. The largest absolute Gasteiger partial charge is 0.399 e. The fourth-order valence-electron chi connectivity index (χ4n) is 4.21. The van der Waals surface area contributed by atoms with Gasteiger partial charge in [-0.3, -0.25) is 0 Å². The van der Waals surface area contributed by atoms with Gasteiger partial charge in [-0.05, 0) is 85.4 Å². The normalized spacial score (nSPS) is 17.4. The Morgan fingerprint density at radius 2 is 1.39 bits per heavy atom. The van der Waals surface area contributed by atoms with Gasteiger partial charge in [0.2, 0.25) is 0 Å². The summed E-state index contributed by atoms with van der Waals surface area (Å²) in [4.78, 5) is 0. The van der Waals surface area contributed by atoms with Crippen molar-refractivity contribution < 1.29 is 0 Å². The van der Waals surface area contributed by atoms with Crippen molar-refractivity contribution in [1.82, 2.24) is 0 Å². The van der Waals surface area contributed by atoms with Gasteiger partial charge in [-0.25, -0.2) is 0 Å². The van der Waals surface area contributed by atoms with E-state index in [0.29, 0.717) is 0 Å². The summed E-state index contributed by atoms with van der Waals surface area (Å²) in [6, 6.07) is 13.5. The Bertz CT molecular complexity index is 719. The lowest BCUT2D eigenvalue weighted by atomic mass is 9.83. The van der Waals surface area contributed by atoms with Crippen LogP contribution in [0.2, 0.25) is 0 Å². The van der Waals surface area contributed by atoms with E-state index < -0.39 is 0 Å². The summed E-state index contributed by atoms with van der Waals surface area (Å²) in [5.74, 6) is 0. The third-order valence-electron chi connectivity index (χ3n) is 5.41. The van der Waals surface area contributed by atoms with Crippen LogP contribution in [0.1, 0.15) is 59.9 Å². The molecule has 118 valence electrons. The van der Waals surface area contributed by atoms with Crippen molar-refractivity contribution >= 4 is 11.3 Å². The minimum Gasteiger partial charge on any atom is -0.399 e. The molecule has 4 rings (SSSR count). The summed E-state index contributed by atoms with van der Waals surface area (Å²) in [7, 11) is 0. The second-order valence-corrected chi connectivity index (χ2v) is 7.12. The van der Waals surface area contributed by atoms with Crippen LogP contribution in [-0.2, 0) is 12.8 Å². The van der Waals surface area contributed by atoms with Gasteiger partial charge in [0.05, 0.1) is 0 Å². The Hall–Kier alpha value is -2.02. The molecule has 0 saturated heterocycles. The number of benzene rings is 2. The maximum Gasteiger partial charge on any atom is 0.0320 e. The molecular weight excluding hydrogens is 278 g/mol. The second-order valence-electron chi connectivity index (χ2n) is 7.12. The molecule has 1 saturated carbocycles. The van der Waals surface area contributed by atoms with Gasteiger partial charge in [0, 0.05) is 5.69 Å². The van der Waals surface area contributed by atoms with Crippen molar-refractivity contribution in [3.8, 4) is 0 Å². The van der Waals surface area contributed by atoms with E-state index in [4.69, 9.17) is 5.73 Å². The van der Waals surface area contributed by atoms with Crippen molar-refractivity contribution in [3.63, 3.8) is 0 Å². The molecule has 0 bridgehead atoms. The average Bonchev–Trinajstić information content (AvgIpc) is 2.71. The maximum absolute atomic E-state index is 6.15. The molecule has 0 amide bonds. The van der Waals surface area contributed by atoms with Crippen LogP contribution in [0.15, 0.2) is 42.0 Å². The molecule has 1 heteroatoms. The molecule has 2 aromatic rings. The van der Waals surface area contributed by atoms with Crippen molar-refractivity contribution in [3.05, 3.63) is 69.8 Å². The van der Waals surface area contributed by atoms with E-state index in [1.807, 2.05) is 0 Å². The van der Waals surface area contributed by atoms with E-state index in [9.17, 15) is 0 Å². The predicted molar refractivity (Wildman–Crippen MR) is 98.5 cm³/mol. The lowest BCUT2D eigenvalue weighted by Crippen LogP contribution is -2.03. The first kappa shape index (κ1) is 14.6. The minimum absolute atomic E-state index is 0.883. The molecule has 23 heavy (non-hydrogen) atoms. The third kappa shape index (κ3) is 2.69. The minimum atomic E-state index is 0.883. The lowest BCUT2D eigenvalue weighted by Gasteiger charge is -2.22. The number of nitrogens with two attached hydrogens (primary N) is 1. The lowest BCUT2D eigenvalue weighted by molar-refractivity contribution is 0.601. The highest BCUT2D eigenvalue weighted by atomic mass is 14.5. The predicted octanol–water partition coefficient (Wildman–Crippen LogP) is 5.44. The molecule has 0 spiro atoms. The summed E-state index contributed by atoms with van der Waals surface area (Å²) < 4.78 is 0. The molecule has 0 heterocycles. The highest BCUT2D eigenvalue weighted by Gasteiger charge is 2.22. The average molecular weight is 303 g/mol. The molecule has 0 aromatic heterocycles. The maximum atomic E-state index is 6.15. The molecule has 2 aliphatic carbocycles. The highest BCUT2D eigenvalue weighted by molar-refractivity contribution is 5.87. The molecule has 0 aliphatic heterocycles. The molecule has 2 N–H and O–H groups in total. The first-order valence-electron chi connectivity index (χ1n) is 8.93. The third-order valence-corrected chi connectivity index (χ3v) is 5.41. The number of fused-ring (bicyclic) bond motifs is 2. The first-order chi connectivity index (χ1) is 11.2. The zero-order chi connectivity index (χ0) is 15.8. The number of hydrogen-bond acceptors (Lipinski definition) is 1. The van der Waals surface area contributed by atoms with Crippen molar-refractivity contribution in [2.75, 3.05) is 5.73 Å². The van der Waals surface area contributed by atoms with Crippen molar-refractivity contribution in [1.29, 1.82) is 0 Å². The Balaban J connectivity index is 2.01. The van der Waals surface area contributed by atoms with E-state index in [0.717, 1.165) is 18.5 Å². The Morgan fingerprint density at radius 3 is 2.13 bits per heavy atom. The topological polar surface area (TPSA) is 26.0 Å². The van der Waals surface area contributed by atoms with E-state index >= 15 is 0 Å². The van der Waals surface area contributed by atoms with E-state index in [2.05, 4.69) is 43.3 Å². The van der Waals surface area contributed by atoms with Crippen LogP contribution < -0.4 is 5.73 Å². The zero-order valence-electron chi connectivity index (χ0n) is 14.0. The van der Waals surface area contributed by atoms with Crippen LogP contribution in [-0.4, -0.2) is 0 Å². The number of aryl methyl sites for hydroxylation is 3. The molecule has 1 nitrogen and oxygen atoms in total. The van der Waals surface area contributed by atoms with Gasteiger partial charge in [0.1, 0.15) is 0 Å². The number of anilines is 1. The Morgan fingerprint density at radius 1 is 0.739 bits per heavy atom. The molecular formula is C22H25N. The van der Waals surface area contributed by atoms with Gasteiger partial charge in [0.15, 0.2) is 0 Å². The number of rotatable bonds is 0. The summed E-state index contributed by atoms with van der Waals surface area (Å²) >= 11 is 0. The molecule has 2 aliphatic rings. The Kier molecular flexibility index (Phi) is 3.72. The van der Waals surface area contributed by atoms with Crippen LogP contribution in [0, 0.1) is 6.92 Å². The smallest absolute Gasteiger partial charge is 0.0320 e. The monoisotopic (exact) mass is 303 g/mol. The van der Waals surface area contributed by atoms with Gasteiger partial charge in [-0.2, -0.15) is 0 Å². The number of nitrogen functional groups attached to an aromatic ring is 1. The van der Waals surface area contributed by atoms with Gasteiger partial charge >= 0.3 is 0 Å². The fourth-order valence-corrected chi connectivity index (χ4v) is 4.21. The summed E-state index contributed by atoms with van der Waals surface area (Å²) in [6.07, 6.45) is 8.77. The first-order valence-corrected chi connectivity index (χ1v) is 8.93. The molecule has 2 aromatic carbocycles. The van der Waals surface area contributed by atoms with Gasteiger partial charge < -0.3 is 5.73 Å². The standard InChI is InChI=1S/C22H25N/c1-15-7-8-16-9-10-17-11-12-19(23)14-21(17)22(20(16)13-15)18-5-3-2-4-6-18/h7-8,11-14H,2-6,9-10,23H2,1H3. The highest BCUT2D eigenvalue weighted by Crippen LogP contribution is 2.40. The van der Waals surface area contributed by atoms with Gasteiger partial charge in [0.25, 0.3) is 0 Å². The van der Waals surface area contributed by atoms with Crippen LogP contribution in [0.4, 0.5) is 5.69 Å². The van der Waals surface area contributed by atoms with Crippen LogP contribution in [0.3, 0.4) is 0 Å². The van der Waals surface area contributed by atoms with E-state index in [-0.39, 0.29) is 0 Å². The van der Waals surface area contributed by atoms with Gasteiger partial charge in [-0.1, -0.05) is 41.8 Å². The molecule has 0 radical (unpaired) electrons. The molecule has 1 fully saturated rings. The quantitative estimate of drug-likeness (QED) is 0.644. The summed E-state index contributed by atoms with van der Waals surface area (Å²) in [6.45, 7) is 2.20. The number of allylic oxidation sites excluding steroid dienone is 1. The molecule has 0 atom stereocenters. The van der Waals surface area contributed by atoms with Gasteiger partial charge in [-0.15, -0.1) is 0 Å². The second kappa shape index (κ2) is 5.88.